The first kappa shape index (κ1) is 12.9. The fourth-order valence-electron chi connectivity index (χ4n) is 4.02. The van der Waals surface area contributed by atoms with Crippen molar-refractivity contribution >= 4 is 16.9 Å². The summed E-state index contributed by atoms with van der Waals surface area (Å²) in [5.41, 5.74) is 2.10. The topological polar surface area (TPSA) is 46.9 Å². The summed E-state index contributed by atoms with van der Waals surface area (Å²) in [6.45, 7) is 0.528. The maximum Gasteiger partial charge on any atom is 0.224 e. The molecule has 2 unspecified atom stereocenters. The number of hydrogen-bond acceptors (Lipinski definition) is 2. The lowest BCUT2D eigenvalue weighted by Crippen LogP contribution is -2.26. The van der Waals surface area contributed by atoms with Crippen LogP contribution in [0.4, 0.5) is 0 Å². The van der Waals surface area contributed by atoms with Crippen molar-refractivity contribution in [1.82, 2.24) is 14.9 Å². The Morgan fingerprint density at radius 2 is 2.00 bits per heavy atom. The largest absolute Gasteiger partial charge is 0.349 e. The standard InChI is InChI=1S/C17H21N3O/c1-20-14-9-5-4-8-13(14)19-15(20)10-18-17(21)16-11-6-2-3-7-12(11)16/h4-5,8-9,11-12,16H,2-3,6-7,10H2,1H3,(H,18,21). The number of carbonyl (C=O) groups is 1. The Morgan fingerprint density at radius 3 is 2.71 bits per heavy atom. The van der Waals surface area contributed by atoms with E-state index in [0.717, 1.165) is 16.9 Å². The third-order valence-corrected chi connectivity index (χ3v) is 5.26. The van der Waals surface area contributed by atoms with E-state index < -0.39 is 0 Å². The van der Waals surface area contributed by atoms with E-state index in [1.807, 2.05) is 25.2 Å². The van der Waals surface area contributed by atoms with Crippen LogP contribution in [0.3, 0.4) is 0 Å². The van der Waals surface area contributed by atoms with Gasteiger partial charge >= 0.3 is 0 Å². The molecule has 2 atom stereocenters. The van der Waals surface area contributed by atoms with Gasteiger partial charge in [0, 0.05) is 13.0 Å². The molecule has 4 nitrogen and oxygen atoms in total. The van der Waals surface area contributed by atoms with Gasteiger partial charge in [0.1, 0.15) is 5.82 Å². The number of benzene rings is 1. The van der Waals surface area contributed by atoms with Crippen molar-refractivity contribution in [2.45, 2.75) is 32.2 Å². The maximum atomic E-state index is 12.3. The summed E-state index contributed by atoms with van der Waals surface area (Å²) in [5.74, 6) is 2.77. The van der Waals surface area contributed by atoms with E-state index in [1.165, 1.54) is 25.7 Å². The quantitative estimate of drug-likeness (QED) is 0.941. The minimum absolute atomic E-state index is 0.235. The minimum Gasteiger partial charge on any atom is -0.349 e. The molecule has 1 aromatic heterocycles. The van der Waals surface area contributed by atoms with Gasteiger partial charge in [-0.15, -0.1) is 0 Å². The van der Waals surface area contributed by atoms with E-state index in [9.17, 15) is 4.79 Å². The second kappa shape index (κ2) is 4.86. The highest BCUT2D eigenvalue weighted by molar-refractivity contribution is 5.82. The van der Waals surface area contributed by atoms with Gasteiger partial charge in [-0.05, 0) is 36.8 Å². The van der Waals surface area contributed by atoms with Crippen LogP contribution in [-0.2, 0) is 18.4 Å². The zero-order valence-corrected chi connectivity index (χ0v) is 12.4. The number of para-hydroxylation sites is 2. The zero-order valence-electron chi connectivity index (χ0n) is 12.4. The summed E-state index contributed by atoms with van der Waals surface area (Å²) in [7, 11) is 2.01. The first-order valence-electron chi connectivity index (χ1n) is 7.94. The normalized spacial score (nSPS) is 27.4. The van der Waals surface area contributed by atoms with E-state index >= 15 is 0 Å². The molecule has 110 valence electrons. The van der Waals surface area contributed by atoms with Gasteiger partial charge in [0.2, 0.25) is 5.91 Å². The molecular weight excluding hydrogens is 262 g/mol. The highest BCUT2D eigenvalue weighted by atomic mass is 16.2. The number of rotatable bonds is 3. The highest BCUT2D eigenvalue weighted by Crippen LogP contribution is 2.55. The number of imidazole rings is 1. The Hall–Kier alpha value is -1.84. The summed E-state index contributed by atoms with van der Waals surface area (Å²) in [4.78, 5) is 16.9. The Kier molecular flexibility index (Phi) is 2.98. The van der Waals surface area contributed by atoms with Crippen molar-refractivity contribution in [1.29, 1.82) is 0 Å². The number of carbonyl (C=O) groups excluding carboxylic acids is 1. The van der Waals surface area contributed by atoms with Crippen LogP contribution >= 0.6 is 0 Å². The van der Waals surface area contributed by atoms with Crippen molar-refractivity contribution in [2.24, 2.45) is 24.8 Å². The van der Waals surface area contributed by atoms with E-state index in [2.05, 4.69) is 20.9 Å². The highest BCUT2D eigenvalue weighted by Gasteiger charge is 2.54. The van der Waals surface area contributed by atoms with Gasteiger partial charge in [0.25, 0.3) is 0 Å². The molecule has 1 N–H and O–H groups in total. The maximum absolute atomic E-state index is 12.3. The van der Waals surface area contributed by atoms with Crippen LogP contribution in [0.1, 0.15) is 31.5 Å². The lowest BCUT2D eigenvalue weighted by molar-refractivity contribution is -0.123. The molecule has 0 bridgehead atoms. The number of fused-ring (bicyclic) bond motifs is 2. The Balaban J connectivity index is 1.44. The first-order chi connectivity index (χ1) is 10.3. The zero-order chi connectivity index (χ0) is 14.4. The summed E-state index contributed by atoms with van der Waals surface area (Å²) in [5, 5.41) is 3.10. The van der Waals surface area contributed by atoms with E-state index in [0.29, 0.717) is 18.4 Å². The van der Waals surface area contributed by atoms with Gasteiger partial charge in [0.05, 0.1) is 17.6 Å². The number of nitrogens with one attached hydrogen (secondary N) is 1. The van der Waals surface area contributed by atoms with Crippen LogP contribution in [0.2, 0.25) is 0 Å². The average molecular weight is 283 g/mol. The molecule has 0 spiro atoms. The fourth-order valence-corrected chi connectivity index (χ4v) is 4.02. The SMILES string of the molecule is Cn1c(CNC(=O)C2C3CCCCC32)nc2ccccc21. The molecule has 0 radical (unpaired) electrons. The molecule has 1 amide bonds. The van der Waals surface area contributed by atoms with Crippen LogP contribution < -0.4 is 5.32 Å². The first-order valence-corrected chi connectivity index (χ1v) is 7.94. The molecule has 0 aliphatic heterocycles. The van der Waals surface area contributed by atoms with Crippen LogP contribution in [-0.4, -0.2) is 15.5 Å². The van der Waals surface area contributed by atoms with Crippen molar-refractivity contribution in [3.63, 3.8) is 0 Å². The molecular formula is C17H21N3O. The summed E-state index contributed by atoms with van der Waals surface area (Å²) >= 11 is 0. The lowest BCUT2D eigenvalue weighted by atomic mass is 10.0. The number of aromatic nitrogens is 2. The fraction of sp³-hybridized carbons (Fsp3) is 0.529. The summed E-state index contributed by atoms with van der Waals surface area (Å²) in [6.07, 6.45) is 5.09. The predicted octanol–water partition coefficient (Wildman–Crippen LogP) is 2.63. The van der Waals surface area contributed by atoms with E-state index in [4.69, 9.17) is 0 Å². The molecule has 21 heavy (non-hydrogen) atoms. The smallest absolute Gasteiger partial charge is 0.224 e. The molecule has 2 aliphatic carbocycles. The molecule has 2 aromatic rings. The van der Waals surface area contributed by atoms with Gasteiger partial charge < -0.3 is 9.88 Å². The van der Waals surface area contributed by atoms with Crippen LogP contribution in [0.25, 0.3) is 11.0 Å². The number of aryl methyl sites for hydroxylation is 1. The molecule has 2 aliphatic rings. The predicted molar refractivity (Wildman–Crippen MR) is 81.5 cm³/mol. The average Bonchev–Trinajstić information content (AvgIpc) is 3.17. The van der Waals surface area contributed by atoms with Gasteiger partial charge in [-0.25, -0.2) is 4.98 Å². The van der Waals surface area contributed by atoms with Gasteiger partial charge in [-0.3, -0.25) is 4.79 Å². The molecule has 4 heteroatoms. The van der Waals surface area contributed by atoms with Gasteiger partial charge in [-0.2, -0.15) is 0 Å². The van der Waals surface area contributed by atoms with E-state index in [-0.39, 0.29) is 11.8 Å². The van der Waals surface area contributed by atoms with E-state index in [1.54, 1.807) is 0 Å². The van der Waals surface area contributed by atoms with Gasteiger partial charge in [0.15, 0.2) is 0 Å². The second-order valence-corrected chi connectivity index (χ2v) is 6.43. The monoisotopic (exact) mass is 283 g/mol. The van der Waals surface area contributed by atoms with Crippen molar-refractivity contribution in [3.8, 4) is 0 Å². The van der Waals surface area contributed by atoms with Crippen molar-refractivity contribution < 1.29 is 4.79 Å². The van der Waals surface area contributed by atoms with Crippen LogP contribution in [0, 0.1) is 17.8 Å². The second-order valence-electron chi connectivity index (χ2n) is 6.43. The Labute approximate surface area is 124 Å². The van der Waals surface area contributed by atoms with Crippen LogP contribution in [0.15, 0.2) is 24.3 Å². The lowest BCUT2D eigenvalue weighted by Gasteiger charge is -2.05. The third-order valence-electron chi connectivity index (χ3n) is 5.26. The Bertz CT molecular complexity index is 678. The molecule has 2 saturated carbocycles. The Morgan fingerprint density at radius 1 is 1.29 bits per heavy atom. The number of hydrogen-bond donors (Lipinski definition) is 1. The van der Waals surface area contributed by atoms with Gasteiger partial charge in [-0.1, -0.05) is 25.0 Å². The van der Waals surface area contributed by atoms with Crippen LogP contribution in [0.5, 0.6) is 0 Å². The molecule has 2 fully saturated rings. The molecule has 0 saturated heterocycles. The summed E-state index contributed by atoms with van der Waals surface area (Å²) < 4.78 is 2.07. The molecule has 1 aromatic carbocycles. The van der Waals surface area contributed by atoms with Crippen molar-refractivity contribution in [2.75, 3.05) is 0 Å². The number of amides is 1. The third kappa shape index (κ3) is 2.13. The minimum atomic E-state index is 0.235. The molecule has 4 rings (SSSR count). The molecule has 1 heterocycles. The van der Waals surface area contributed by atoms with Crippen molar-refractivity contribution in [3.05, 3.63) is 30.1 Å². The summed E-state index contributed by atoms with van der Waals surface area (Å²) in [6, 6.07) is 8.08. The number of nitrogens with zero attached hydrogens (tertiary/aromatic N) is 2.